The average molecular weight is 354 g/mol. The Morgan fingerprint density at radius 3 is 2.43 bits per heavy atom. The smallest absolute Gasteiger partial charge is 0.309 e. The topological polar surface area (TPSA) is 56.8 Å². The van der Waals surface area contributed by atoms with Crippen LogP contribution in [0.25, 0.3) is 0 Å². The molecule has 0 aliphatic carbocycles. The lowest BCUT2D eigenvalue weighted by Gasteiger charge is -2.28. The molecule has 0 radical (unpaired) electrons. The van der Waals surface area contributed by atoms with Crippen molar-refractivity contribution in [3.63, 3.8) is 0 Å². The minimum absolute atomic E-state index is 0.149. The molecule has 1 aliphatic heterocycles. The summed E-state index contributed by atoms with van der Waals surface area (Å²) in [7, 11) is -3.54. The maximum Gasteiger partial charge on any atom is 0.309 e. The SMILES string of the molecule is C[Si](C)(C)N[C@@H](Cc1ccc2c(c1)OCO2)C(=O)O[Si](C)(C)C. The number of hydrogen-bond donors (Lipinski definition) is 1. The first-order chi connectivity index (χ1) is 10.5. The van der Waals surface area contributed by atoms with Gasteiger partial charge in [0.25, 0.3) is 0 Å². The van der Waals surface area contributed by atoms with Crippen molar-refractivity contribution in [1.82, 2.24) is 4.98 Å². The Labute approximate surface area is 140 Å². The Hall–Kier alpha value is -1.32. The first-order valence-corrected chi connectivity index (χ1v) is 14.8. The molecule has 2 rings (SSSR count). The lowest BCUT2D eigenvalue weighted by Crippen LogP contribution is -2.54. The number of carbonyl (C=O) groups is 1. The second-order valence-electron chi connectivity index (χ2n) is 7.87. The van der Waals surface area contributed by atoms with E-state index in [1.165, 1.54) is 0 Å². The molecule has 1 heterocycles. The van der Waals surface area contributed by atoms with Crippen molar-refractivity contribution in [3.05, 3.63) is 23.8 Å². The highest BCUT2D eigenvalue weighted by Crippen LogP contribution is 2.32. The predicted octanol–water partition coefficient (Wildman–Crippen LogP) is 3.13. The Kier molecular flexibility index (Phi) is 5.22. The van der Waals surface area contributed by atoms with E-state index in [1.807, 2.05) is 37.8 Å². The van der Waals surface area contributed by atoms with E-state index in [0.717, 1.165) is 17.1 Å². The van der Waals surface area contributed by atoms with Gasteiger partial charge in [-0.2, -0.15) is 0 Å². The molecule has 7 heteroatoms. The molecular formula is C16H27NO4Si2. The van der Waals surface area contributed by atoms with Crippen molar-refractivity contribution in [2.75, 3.05) is 6.79 Å². The van der Waals surface area contributed by atoms with Crippen molar-refractivity contribution in [1.29, 1.82) is 0 Å². The number of rotatable bonds is 6. The zero-order valence-corrected chi connectivity index (χ0v) is 16.9. The van der Waals surface area contributed by atoms with Crippen molar-refractivity contribution < 1.29 is 18.7 Å². The summed E-state index contributed by atoms with van der Waals surface area (Å²) in [6, 6.07) is 5.50. The molecular weight excluding hydrogens is 326 g/mol. The summed E-state index contributed by atoms with van der Waals surface area (Å²) in [5, 5.41) is 0. The Morgan fingerprint density at radius 2 is 1.83 bits per heavy atom. The van der Waals surface area contributed by atoms with Gasteiger partial charge in [0.1, 0.15) is 14.3 Å². The number of benzene rings is 1. The highest BCUT2D eigenvalue weighted by atomic mass is 28.4. The van der Waals surface area contributed by atoms with Crippen LogP contribution in [0, 0.1) is 0 Å². The summed E-state index contributed by atoms with van der Waals surface area (Å²) in [4.78, 5) is 16.1. The molecule has 5 nitrogen and oxygen atoms in total. The van der Waals surface area contributed by atoms with Gasteiger partial charge in [0.2, 0.25) is 15.1 Å². The molecule has 128 valence electrons. The fourth-order valence-corrected chi connectivity index (χ4v) is 4.40. The second kappa shape index (κ2) is 6.66. The van der Waals surface area contributed by atoms with Gasteiger partial charge < -0.3 is 18.9 Å². The van der Waals surface area contributed by atoms with E-state index in [2.05, 4.69) is 24.6 Å². The minimum Gasteiger partial charge on any atom is -0.519 e. The van der Waals surface area contributed by atoms with E-state index in [1.54, 1.807) is 0 Å². The average Bonchev–Trinajstić information content (AvgIpc) is 2.81. The van der Waals surface area contributed by atoms with Gasteiger partial charge in [0, 0.05) is 0 Å². The summed E-state index contributed by atoms with van der Waals surface area (Å²) >= 11 is 0. The van der Waals surface area contributed by atoms with Crippen molar-refractivity contribution >= 4 is 22.5 Å². The Balaban J connectivity index is 2.15. The predicted molar refractivity (Wildman–Crippen MR) is 96.0 cm³/mol. The molecule has 1 aromatic rings. The van der Waals surface area contributed by atoms with Gasteiger partial charge in [-0.3, -0.25) is 4.79 Å². The third-order valence-corrected chi connectivity index (χ3v) is 5.20. The molecule has 1 atom stereocenters. The van der Waals surface area contributed by atoms with Gasteiger partial charge in [-0.15, -0.1) is 0 Å². The molecule has 0 unspecified atom stereocenters. The number of ether oxygens (including phenoxy) is 2. The molecule has 0 amide bonds. The van der Waals surface area contributed by atoms with Gasteiger partial charge in [-0.25, -0.2) is 0 Å². The van der Waals surface area contributed by atoms with Crippen LogP contribution in [0.1, 0.15) is 5.56 Å². The van der Waals surface area contributed by atoms with Gasteiger partial charge in [-0.1, -0.05) is 25.7 Å². The van der Waals surface area contributed by atoms with Crippen LogP contribution in [0.3, 0.4) is 0 Å². The summed E-state index contributed by atoms with van der Waals surface area (Å²) in [6.07, 6.45) is 0.588. The van der Waals surface area contributed by atoms with E-state index in [0.29, 0.717) is 6.42 Å². The first kappa shape index (κ1) is 18.0. The minimum atomic E-state index is -1.91. The maximum atomic E-state index is 12.6. The summed E-state index contributed by atoms with van der Waals surface area (Å²) in [6.45, 7) is 12.9. The van der Waals surface area contributed by atoms with Crippen LogP contribution < -0.4 is 14.5 Å². The van der Waals surface area contributed by atoms with Crippen LogP contribution in [-0.2, 0) is 15.6 Å². The van der Waals surface area contributed by atoms with E-state index in [4.69, 9.17) is 13.9 Å². The van der Waals surface area contributed by atoms with E-state index >= 15 is 0 Å². The van der Waals surface area contributed by atoms with Crippen LogP contribution in [0.5, 0.6) is 11.5 Å². The zero-order valence-electron chi connectivity index (χ0n) is 14.9. The molecule has 0 saturated heterocycles. The normalized spacial score (nSPS) is 15.4. The summed E-state index contributed by atoms with van der Waals surface area (Å²) < 4.78 is 16.5. The fraction of sp³-hybridized carbons (Fsp3) is 0.562. The third kappa shape index (κ3) is 5.67. The monoisotopic (exact) mass is 353 g/mol. The number of hydrogen-bond acceptors (Lipinski definition) is 5. The Bertz CT molecular complexity index is 578. The number of nitrogens with one attached hydrogen (secondary N) is 1. The molecule has 1 aromatic carbocycles. The first-order valence-electron chi connectivity index (χ1n) is 7.93. The molecule has 1 aliphatic rings. The van der Waals surface area contributed by atoms with Crippen LogP contribution in [-0.4, -0.2) is 35.4 Å². The standard InChI is InChI=1S/C16H27NO4Si2/c1-22(2,3)17-13(16(18)21-23(4,5)6)9-12-7-8-14-15(10-12)20-11-19-14/h7-8,10,13,17H,9,11H2,1-6H3/t13-/m0/s1. The van der Waals surface area contributed by atoms with E-state index in [-0.39, 0.29) is 18.8 Å². The number of fused-ring (bicyclic) bond motifs is 1. The zero-order chi connectivity index (χ0) is 17.3. The lowest BCUT2D eigenvalue weighted by atomic mass is 10.1. The Morgan fingerprint density at radius 1 is 1.17 bits per heavy atom. The third-order valence-electron chi connectivity index (χ3n) is 3.18. The highest BCUT2D eigenvalue weighted by molar-refractivity contribution is 6.74. The van der Waals surface area contributed by atoms with Gasteiger partial charge >= 0.3 is 5.97 Å². The lowest BCUT2D eigenvalue weighted by molar-refractivity contribution is -0.137. The molecule has 1 N–H and O–H groups in total. The van der Waals surface area contributed by atoms with Crippen LogP contribution in [0.15, 0.2) is 18.2 Å². The van der Waals surface area contributed by atoms with E-state index < -0.39 is 16.6 Å². The van der Waals surface area contributed by atoms with Crippen molar-refractivity contribution in [3.8, 4) is 11.5 Å². The molecule has 0 saturated carbocycles. The van der Waals surface area contributed by atoms with Crippen LogP contribution >= 0.6 is 0 Å². The highest BCUT2D eigenvalue weighted by Gasteiger charge is 2.30. The van der Waals surface area contributed by atoms with E-state index in [9.17, 15) is 4.79 Å². The van der Waals surface area contributed by atoms with Gasteiger partial charge in [0.15, 0.2) is 11.5 Å². The molecule has 0 fully saturated rings. The largest absolute Gasteiger partial charge is 0.519 e. The molecule has 0 bridgehead atoms. The quantitative estimate of drug-likeness (QED) is 0.796. The maximum absolute atomic E-state index is 12.6. The second-order valence-corrected chi connectivity index (χ2v) is 17.1. The molecule has 0 aromatic heterocycles. The summed E-state index contributed by atoms with van der Waals surface area (Å²) in [5.41, 5.74) is 1.04. The molecule has 0 spiro atoms. The van der Waals surface area contributed by atoms with Crippen molar-refractivity contribution in [2.45, 2.75) is 51.7 Å². The number of carbonyl (C=O) groups excluding carboxylic acids is 1. The van der Waals surface area contributed by atoms with Gasteiger partial charge in [-0.05, 0) is 43.8 Å². The van der Waals surface area contributed by atoms with Crippen LogP contribution in [0.2, 0.25) is 39.3 Å². The van der Waals surface area contributed by atoms with Crippen molar-refractivity contribution in [2.24, 2.45) is 0 Å². The van der Waals surface area contributed by atoms with Crippen LogP contribution in [0.4, 0.5) is 0 Å². The summed E-state index contributed by atoms with van der Waals surface area (Å²) in [5.74, 6) is 1.35. The molecule has 23 heavy (non-hydrogen) atoms. The van der Waals surface area contributed by atoms with Gasteiger partial charge in [0.05, 0.1) is 0 Å². The fourth-order valence-electron chi connectivity index (χ4n) is 2.39.